The van der Waals surface area contributed by atoms with Gasteiger partial charge in [0.05, 0.1) is 10.9 Å². The number of fused-ring (bicyclic) bond motifs is 1. The van der Waals surface area contributed by atoms with Gasteiger partial charge in [-0.15, -0.1) is 0 Å². The molecule has 1 heterocycles. The maximum absolute atomic E-state index is 12.0. The molecule has 24 heavy (non-hydrogen) atoms. The summed E-state index contributed by atoms with van der Waals surface area (Å²) in [5, 5.41) is 3.53. The molecule has 0 atom stereocenters. The molecule has 0 aliphatic carbocycles. The molecule has 0 aliphatic heterocycles. The minimum absolute atomic E-state index is 0.0466. The van der Waals surface area contributed by atoms with E-state index in [0.29, 0.717) is 42.5 Å². The van der Waals surface area contributed by atoms with E-state index in [1.54, 1.807) is 6.07 Å². The predicted molar refractivity (Wildman–Crippen MR) is 96.1 cm³/mol. The number of aromatic amines is 1. The van der Waals surface area contributed by atoms with Gasteiger partial charge >= 0.3 is 0 Å². The number of hydrogen-bond acceptors (Lipinski definition) is 4. The molecular weight excluding hydrogens is 304 g/mol. The van der Waals surface area contributed by atoms with Crippen molar-refractivity contribution in [2.24, 2.45) is 0 Å². The number of aryl methyl sites for hydroxylation is 1. The number of rotatable bonds is 9. The van der Waals surface area contributed by atoms with E-state index in [1.807, 2.05) is 18.2 Å². The average molecular weight is 330 g/mol. The van der Waals surface area contributed by atoms with E-state index < -0.39 is 0 Å². The fraction of sp³-hybridized carbons (Fsp3) is 0.500. The fourth-order valence-electron chi connectivity index (χ4n) is 2.65. The van der Waals surface area contributed by atoms with Gasteiger partial charge in [-0.05, 0) is 31.6 Å². The Balaban J connectivity index is 1.78. The second-order valence-corrected chi connectivity index (χ2v) is 5.76. The lowest BCUT2D eigenvalue weighted by molar-refractivity contribution is -0.121. The first-order valence-electron chi connectivity index (χ1n) is 8.61. The van der Waals surface area contributed by atoms with Crippen molar-refractivity contribution in [3.63, 3.8) is 0 Å². The smallest absolute Gasteiger partial charge is 0.258 e. The van der Waals surface area contributed by atoms with Gasteiger partial charge < -0.3 is 15.2 Å². The van der Waals surface area contributed by atoms with Gasteiger partial charge in [0.2, 0.25) is 5.91 Å². The molecule has 0 spiro atoms. The number of nitrogens with one attached hydrogen (secondary N) is 2. The number of hydrogen-bond donors (Lipinski definition) is 2. The Labute approximate surface area is 142 Å². The van der Waals surface area contributed by atoms with Crippen LogP contribution in [0.25, 0.3) is 10.9 Å². The Hall–Kier alpha value is -2.21. The van der Waals surface area contributed by atoms with Crippen molar-refractivity contribution in [3.05, 3.63) is 40.4 Å². The summed E-state index contributed by atoms with van der Waals surface area (Å²) in [7, 11) is 0. The lowest BCUT2D eigenvalue weighted by Gasteiger charge is -2.17. The van der Waals surface area contributed by atoms with Crippen LogP contribution in [-0.4, -0.2) is 47.0 Å². The van der Waals surface area contributed by atoms with Crippen molar-refractivity contribution in [3.8, 4) is 0 Å². The molecule has 0 unspecified atom stereocenters. The number of likely N-dealkylation sites (N-methyl/N-ethyl adjacent to an activating group) is 1. The fourth-order valence-corrected chi connectivity index (χ4v) is 2.65. The summed E-state index contributed by atoms with van der Waals surface area (Å²) in [6.07, 6.45) is 1.69. The van der Waals surface area contributed by atoms with E-state index in [2.05, 4.69) is 34.0 Å². The molecule has 1 aromatic heterocycles. The topological polar surface area (TPSA) is 78.1 Å². The number of para-hydroxylation sites is 1. The highest BCUT2D eigenvalue weighted by Crippen LogP contribution is 2.07. The number of aromatic nitrogens is 2. The van der Waals surface area contributed by atoms with Crippen molar-refractivity contribution in [2.75, 3.05) is 26.2 Å². The minimum Gasteiger partial charge on any atom is -0.355 e. The van der Waals surface area contributed by atoms with Crippen LogP contribution in [0.15, 0.2) is 29.1 Å². The number of carbonyl (C=O) groups is 1. The molecule has 1 amide bonds. The quantitative estimate of drug-likeness (QED) is 0.734. The summed E-state index contributed by atoms with van der Waals surface area (Å²) in [6, 6.07) is 7.27. The highest BCUT2D eigenvalue weighted by molar-refractivity contribution is 5.77. The van der Waals surface area contributed by atoms with Gasteiger partial charge in [-0.2, -0.15) is 0 Å². The predicted octanol–water partition coefficient (Wildman–Crippen LogP) is 1.70. The summed E-state index contributed by atoms with van der Waals surface area (Å²) < 4.78 is 0. The molecule has 0 fully saturated rings. The molecule has 0 radical (unpaired) electrons. The van der Waals surface area contributed by atoms with E-state index in [-0.39, 0.29) is 11.5 Å². The standard InChI is InChI=1S/C18H26N4O2/c1-3-22(4-2)13-12-19-17(23)11-7-10-16-20-15-9-6-5-8-14(15)18(24)21-16/h5-6,8-9H,3-4,7,10-13H2,1-2H3,(H,19,23)(H,20,21,24). The van der Waals surface area contributed by atoms with Crippen LogP contribution in [0, 0.1) is 0 Å². The van der Waals surface area contributed by atoms with Crippen molar-refractivity contribution < 1.29 is 4.79 Å². The van der Waals surface area contributed by atoms with Gasteiger partial charge in [0.25, 0.3) is 5.56 Å². The van der Waals surface area contributed by atoms with Gasteiger partial charge in [0.1, 0.15) is 5.82 Å². The summed E-state index contributed by atoms with van der Waals surface area (Å²) in [5.74, 6) is 0.680. The molecule has 6 nitrogen and oxygen atoms in total. The molecule has 2 N–H and O–H groups in total. The van der Waals surface area contributed by atoms with Crippen LogP contribution < -0.4 is 10.9 Å². The zero-order valence-electron chi connectivity index (χ0n) is 14.5. The molecular formula is C18H26N4O2. The third-order valence-corrected chi connectivity index (χ3v) is 4.12. The Kier molecular flexibility index (Phi) is 6.93. The zero-order chi connectivity index (χ0) is 17.4. The van der Waals surface area contributed by atoms with Crippen molar-refractivity contribution in [2.45, 2.75) is 33.1 Å². The van der Waals surface area contributed by atoms with E-state index >= 15 is 0 Å². The average Bonchev–Trinajstić information content (AvgIpc) is 2.59. The summed E-state index contributed by atoms with van der Waals surface area (Å²) in [6.45, 7) is 7.76. The van der Waals surface area contributed by atoms with Crippen LogP contribution in [0.1, 0.15) is 32.5 Å². The lowest BCUT2D eigenvalue weighted by atomic mass is 10.2. The van der Waals surface area contributed by atoms with Gasteiger partial charge in [-0.25, -0.2) is 4.98 Å². The molecule has 0 aliphatic rings. The maximum Gasteiger partial charge on any atom is 0.258 e. The van der Waals surface area contributed by atoms with Gasteiger partial charge in [-0.3, -0.25) is 9.59 Å². The third-order valence-electron chi connectivity index (χ3n) is 4.12. The molecule has 1 aromatic carbocycles. The van der Waals surface area contributed by atoms with Crippen LogP contribution in [0.2, 0.25) is 0 Å². The second kappa shape index (κ2) is 9.17. The first-order chi connectivity index (χ1) is 11.6. The van der Waals surface area contributed by atoms with E-state index in [9.17, 15) is 9.59 Å². The first kappa shape index (κ1) is 18.1. The number of amides is 1. The maximum atomic E-state index is 12.0. The summed E-state index contributed by atoms with van der Waals surface area (Å²) in [5.41, 5.74) is 0.569. The Morgan fingerprint density at radius 2 is 2.00 bits per heavy atom. The van der Waals surface area contributed by atoms with Crippen molar-refractivity contribution in [1.29, 1.82) is 0 Å². The van der Waals surface area contributed by atoms with E-state index in [0.717, 1.165) is 19.6 Å². The molecule has 6 heteroatoms. The number of carbonyl (C=O) groups excluding carboxylic acids is 1. The molecule has 0 saturated carbocycles. The zero-order valence-corrected chi connectivity index (χ0v) is 14.5. The largest absolute Gasteiger partial charge is 0.355 e. The number of H-pyrrole nitrogens is 1. The van der Waals surface area contributed by atoms with Crippen LogP contribution in [0.3, 0.4) is 0 Å². The second-order valence-electron chi connectivity index (χ2n) is 5.76. The lowest BCUT2D eigenvalue weighted by Crippen LogP contribution is -2.34. The Bertz CT molecular complexity index is 722. The van der Waals surface area contributed by atoms with Crippen LogP contribution in [0.5, 0.6) is 0 Å². The normalized spacial score (nSPS) is 11.1. The van der Waals surface area contributed by atoms with E-state index in [4.69, 9.17) is 0 Å². The third kappa shape index (κ3) is 5.16. The van der Waals surface area contributed by atoms with Crippen molar-refractivity contribution >= 4 is 16.8 Å². The molecule has 2 aromatic rings. The highest BCUT2D eigenvalue weighted by atomic mass is 16.1. The molecule has 0 bridgehead atoms. The Morgan fingerprint density at radius 3 is 2.75 bits per heavy atom. The van der Waals surface area contributed by atoms with Crippen LogP contribution in [-0.2, 0) is 11.2 Å². The van der Waals surface area contributed by atoms with Gasteiger partial charge in [0, 0.05) is 25.9 Å². The monoisotopic (exact) mass is 330 g/mol. The summed E-state index contributed by atoms with van der Waals surface area (Å²) >= 11 is 0. The SMILES string of the molecule is CCN(CC)CCNC(=O)CCCc1nc2ccccc2c(=O)[nH]1. The molecule has 2 rings (SSSR count). The number of nitrogens with zero attached hydrogens (tertiary/aromatic N) is 2. The summed E-state index contributed by atoms with van der Waals surface area (Å²) in [4.78, 5) is 33.3. The number of benzene rings is 1. The van der Waals surface area contributed by atoms with Gasteiger partial charge in [-0.1, -0.05) is 26.0 Å². The first-order valence-corrected chi connectivity index (χ1v) is 8.61. The molecule has 130 valence electrons. The Morgan fingerprint density at radius 1 is 1.25 bits per heavy atom. The van der Waals surface area contributed by atoms with Crippen LogP contribution >= 0.6 is 0 Å². The van der Waals surface area contributed by atoms with E-state index in [1.165, 1.54) is 0 Å². The van der Waals surface area contributed by atoms with Crippen LogP contribution in [0.4, 0.5) is 0 Å². The van der Waals surface area contributed by atoms with Crippen molar-refractivity contribution in [1.82, 2.24) is 20.2 Å². The van der Waals surface area contributed by atoms with Gasteiger partial charge in [0.15, 0.2) is 0 Å². The minimum atomic E-state index is -0.126. The molecule has 0 saturated heterocycles. The highest BCUT2D eigenvalue weighted by Gasteiger charge is 2.06.